The summed E-state index contributed by atoms with van der Waals surface area (Å²) in [6, 6.07) is 12.2. The molecule has 1 aliphatic heterocycles. The number of amides is 1. The number of ether oxygens (including phenoxy) is 2. The molecule has 134 valence electrons. The fraction of sp³-hybridized carbons (Fsp3) is 0.450. The molecule has 4 nitrogen and oxygen atoms in total. The van der Waals surface area contributed by atoms with E-state index in [1.54, 1.807) is 11.3 Å². The molecule has 1 aliphatic rings. The van der Waals surface area contributed by atoms with E-state index in [9.17, 15) is 4.79 Å². The van der Waals surface area contributed by atoms with Crippen LogP contribution in [0.5, 0.6) is 5.75 Å². The molecule has 0 atom stereocenters. The fourth-order valence-corrected chi connectivity index (χ4v) is 3.84. The Hall–Kier alpha value is -1.85. The molecule has 1 amide bonds. The first kappa shape index (κ1) is 18.0. The number of nitrogens with zero attached hydrogens (tertiary/aromatic N) is 1. The molecule has 0 bridgehead atoms. The topological polar surface area (TPSA) is 38.8 Å². The summed E-state index contributed by atoms with van der Waals surface area (Å²) in [7, 11) is 0. The van der Waals surface area contributed by atoms with Crippen LogP contribution in [0, 0.1) is 0 Å². The molecule has 0 radical (unpaired) electrons. The number of thiophene rings is 1. The number of carbonyl (C=O) groups is 1. The van der Waals surface area contributed by atoms with Crippen molar-refractivity contribution in [1.29, 1.82) is 0 Å². The summed E-state index contributed by atoms with van der Waals surface area (Å²) in [6.45, 7) is 4.78. The van der Waals surface area contributed by atoms with Crippen LogP contribution in [0.4, 0.5) is 0 Å². The van der Waals surface area contributed by atoms with Crippen LogP contribution in [0.25, 0.3) is 0 Å². The van der Waals surface area contributed by atoms with E-state index in [4.69, 9.17) is 9.47 Å². The predicted molar refractivity (Wildman–Crippen MR) is 100 cm³/mol. The van der Waals surface area contributed by atoms with Gasteiger partial charge in [-0.3, -0.25) is 4.79 Å². The number of hydrogen-bond acceptors (Lipinski definition) is 4. The van der Waals surface area contributed by atoms with Crippen molar-refractivity contribution in [2.45, 2.75) is 38.8 Å². The van der Waals surface area contributed by atoms with Gasteiger partial charge >= 0.3 is 0 Å². The van der Waals surface area contributed by atoms with Gasteiger partial charge in [-0.15, -0.1) is 11.3 Å². The van der Waals surface area contributed by atoms with Gasteiger partial charge in [-0.2, -0.15) is 0 Å². The van der Waals surface area contributed by atoms with E-state index in [1.165, 1.54) is 4.88 Å². The molecule has 0 unspecified atom stereocenters. The van der Waals surface area contributed by atoms with E-state index in [0.29, 0.717) is 19.6 Å². The van der Waals surface area contributed by atoms with Gasteiger partial charge in [0.25, 0.3) is 0 Å². The van der Waals surface area contributed by atoms with Crippen LogP contribution in [-0.2, 0) is 22.5 Å². The minimum atomic E-state index is 0.185. The van der Waals surface area contributed by atoms with Gasteiger partial charge in [-0.25, -0.2) is 0 Å². The summed E-state index contributed by atoms with van der Waals surface area (Å²) in [5.41, 5.74) is 1.02. The molecule has 2 heterocycles. The molecule has 0 aliphatic carbocycles. The van der Waals surface area contributed by atoms with Crippen LogP contribution < -0.4 is 4.74 Å². The first-order valence-corrected chi connectivity index (χ1v) is 9.75. The van der Waals surface area contributed by atoms with E-state index in [1.807, 2.05) is 42.2 Å². The largest absolute Gasteiger partial charge is 0.494 e. The van der Waals surface area contributed by atoms with Crippen molar-refractivity contribution in [2.75, 3.05) is 19.8 Å². The first-order valence-electron chi connectivity index (χ1n) is 8.87. The van der Waals surface area contributed by atoms with Gasteiger partial charge in [0.1, 0.15) is 5.75 Å². The fourth-order valence-electron chi connectivity index (χ4n) is 3.13. The predicted octanol–water partition coefficient (Wildman–Crippen LogP) is 3.90. The third-order valence-corrected chi connectivity index (χ3v) is 5.31. The summed E-state index contributed by atoms with van der Waals surface area (Å²) in [5.74, 6) is 1.03. The normalized spacial score (nSPS) is 15.1. The average molecular weight is 359 g/mol. The third-order valence-electron chi connectivity index (χ3n) is 4.45. The highest BCUT2D eigenvalue weighted by molar-refractivity contribution is 7.09. The molecule has 5 heteroatoms. The van der Waals surface area contributed by atoms with E-state index in [-0.39, 0.29) is 11.9 Å². The smallest absolute Gasteiger partial charge is 0.227 e. The van der Waals surface area contributed by atoms with Gasteiger partial charge < -0.3 is 14.4 Å². The summed E-state index contributed by atoms with van der Waals surface area (Å²) < 4.78 is 10.9. The van der Waals surface area contributed by atoms with Gasteiger partial charge in [0.05, 0.1) is 19.6 Å². The van der Waals surface area contributed by atoms with Crippen molar-refractivity contribution in [3.8, 4) is 5.75 Å². The highest BCUT2D eigenvalue weighted by Crippen LogP contribution is 2.21. The van der Waals surface area contributed by atoms with Crippen LogP contribution in [0.1, 0.15) is 30.2 Å². The minimum Gasteiger partial charge on any atom is -0.494 e. The van der Waals surface area contributed by atoms with E-state index < -0.39 is 0 Å². The Morgan fingerprint density at radius 2 is 2.00 bits per heavy atom. The number of benzene rings is 1. The maximum absolute atomic E-state index is 13.0. The zero-order chi connectivity index (χ0) is 17.5. The van der Waals surface area contributed by atoms with Crippen molar-refractivity contribution >= 4 is 17.2 Å². The highest BCUT2D eigenvalue weighted by atomic mass is 32.1. The molecule has 1 aromatic heterocycles. The molecular formula is C20H25NO3S. The zero-order valence-corrected chi connectivity index (χ0v) is 15.5. The summed E-state index contributed by atoms with van der Waals surface area (Å²) in [5, 5.41) is 2.06. The maximum atomic E-state index is 13.0. The van der Waals surface area contributed by atoms with Gasteiger partial charge in [-0.05, 0) is 48.9 Å². The molecule has 3 rings (SSSR count). The molecule has 2 aromatic rings. The molecule has 1 aromatic carbocycles. The van der Waals surface area contributed by atoms with Crippen molar-refractivity contribution in [1.82, 2.24) is 4.90 Å². The van der Waals surface area contributed by atoms with Crippen LogP contribution in [0.3, 0.4) is 0 Å². The number of carbonyl (C=O) groups excluding carboxylic acids is 1. The number of rotatable bonds is 7. The number of hydrogen-bond donors (Lipinski definition) is 0. The molecular weight excluding hydrogens is 334 g/mol. The minimum absolute atomic E-state index is 0.185. The van der Waals surface area contributed by atoms with Crippen LogP contribution >= 0.6 is 11.3 Å². The monoisotopic (exact) mass is 359 g/mol. The lowest BCUT2D eigenvalue weighted by atomic mass is 10.0. The van der Waals surface area contributed by atoms with Crippen LogP contribution in [0.2, 0.25) is 0 Å². The van der Waals surface area contributed by atoms with Crippen molar-refractivity contribution in [3.63, 3.8) is 0 Å². The molecule has 0 N–H and O–H groups in total. The molecule has 25 heavy (non-hydrogen) atoms. The average Bonchev–Trinajstić information content (AvgIpc) is 3.15. The molecule has 1 saturated heterocycles. The van der Waals surface area contributed by atoms with Gasteiger partial charge in [0, 0.05) is 24.1 Å². The third kappa shape index (κ3) is 5.06. The second kappa shape index (κ2) is 9.02. The summed E-state index contributed by atoms with van der Waals surface area (Å²) in [6.07, 6.45) is 2.26. The van der Waals surface area contributed by atoms with Crippen molar-refractivity contribution in [2.24, 2.45) is 0 Å². The lowest BCUT2D eigenvalue weighted by Crippen LogP contribution is -2.43. The standard InChI is InChI=1S/C20H25NO3S/c1-2-24-18-7-5-16(6-8-18)14-20(22)21(15-19-4-3-13-25-19)17-9-11-23-12-10-17/h3-8,13,17H,2,9-12,14-15H2,1H3. The Labute approximate surface area is 153 Å². The Morgan fingerprint density at radius 3 is 2.64 bits per heavy atom. The zero-order valence-electron chi connectivity index (χ0n) is 14.6. The lowest BCUT2D eigenvalue weighted by Gasteiger charge is -2.34. The lowest BCUT2D eigenvalue weighted by molar-refractivity contribution is -0.135. The Bertz CT molecular complexity index is 648. The Kier molecular flexibility index (Phi) is 6.48. The Balaban J connectivity index is 1.69. The van der Waals surface area contributed by atoms with Crippen molar-refractivity contribution < 1.29 is 14.3 Å². The second-order valence-corrected chi connectivity index (χ2v) is 7.23. The Morgan fingerprint density at radius 1 is 1.24 bits per heavy atom. The van der Waals surface area contributed by atoms with E-state index in [0.717, 1.165) is 37.4 Å². The highest BCUT2D eigenvalue weighted by Gasteiger charge is 2.26. The first-order chi connectivity index (χ1) is 12.3. The second-order valence-electron chi connectivity index (χ2n) is 6.20. The molecule has 0 saturated carbocycles. The van der Waals surface area contributed by atoms with E-state index in [2.05, 4.69) is 11.4 Å². The summed E-state index contributed by atoms with van der Waals surface area (Å²) in [4.78, 5) is 16.3. The van der Waals surface area contributed by atoms with Crippen LogP contribution in [-0.4, -0.2) is 36.7 Å². The van der Waals surface area contributed by atoms with Crippen LogP contribution in [0.15, 0.2) is 41.8 Å². The van der Waals surface area contributed by atoms with E-state index >= 15 is 0 Å². The maximum Gasteiger partial charge on any atom is 0.227 e. The molecule has 1 fully saturated rings. The van der Waals surface area contributed by atoms with Gasteiger partial charge in [0.15, 0.2) is 0 Å². The summed E-state index contributed by atoms with van der Waals surface area (Å²) >= 11 is 1.70. The van der Waals surface area contributed by atoms with Gasteiger partial charge in [0.2, 0.25) is 5.91 Å². The van der Waals surface area contributed by atoms with Crippen molar-refractivity contribution in [3.05, 3.63) is 52.2 Å². The SMILES string of the molecule is CCOc1ccc(CC(=O)N(Cc2cccs2)C2CCOCC2)cc1. The molecule has 0 spiro atoms. The quantitative estimate of drug-likeness (QED) is 0.753. The van der Waals surface area contributed by atoms with Gasteiger partial charge in [-0.1, -0.05) is 18.2 Å².